The van der Waals surface area contributed by atoms with E-state index in [2.05, 4.69) is 24.1 Å². The maximum atomic E-state index is 14.7. The zero-order chi connectivity index (χ0) is 24.0. The average molecular weight is 454 g/mol. The summed E-state index contributed by atoms with van der Waals surface area (Å²) in [4.78, 5) is 15.5. The van der Waals surface area contributed by atoms with Crippen LogP contribution in [0.15, 0.2) is 54.6 Å². The molecule has 0 spiro atoms. The van der Waals surface area contributed by atoms with Gasteiger partial charge in [0.05, 0.1) is 16.9 Å². The van der Waals surface area contributed by atoms with E-state index in [1.165, 1.54) is 12.1 Å². The lowest BCUT2D eigenvalue weighted by Gasteiger charge is -2.19. The summed E-state index contributed by atoms with van der Waals surface area (Å²) in [6.45, 7) is 11.1. The van der Waals surface area contributed by atoms with E-state index in [9.17, 15) is 13.6 Å². The Morgan fingerprint density at radius 3 is 2.39 bits per heavy atom. The molecule has 0 saturated heterocycles. The summed E-state index contributed by atoms with van der Waals surface area (Å²) >= 11 is 0. The van der Waals surface area contributed by atoms with Crippen molar-refractivity contribution in [3.05, 3.63) is 77.5 Å². The van der Waals surface area contributed by atoms with Crippen LogP contribution in [0, 0.1) is 18.6 Å². The molecule has 4 nitrogen and oxygen atoms in total. The Morgan fingerprint density at radius 1 is 1.06 bits per heavy atom. The zero-order valence-corrected chi connectivity index (χ0v) is 19.9. The molecule has 1 aromatic heterocycles. The number of hydrogen-bond acceptors (Lipinski definition) is 2. The Hall–Kier alpha value is -2.99. The van der Waals surface area contributed by atoms with Crippen LogP contribution in [-0.2, 0) is 0 Å². The highest BCUT2D eigenvalue weighted by atomic mass is 19.1. The summed E-state index contributed by atoms with van der Waals surface area (Å²) in [5.41, 5.74) is 2.81. The van der Waals surface area contributed by atoms with Gasteiger partial charge in [0.15, 0.2) is 0 Å². The summed E-state index contributed by atoms with van der Waals surface area (Å²) < 4.78 is 30.0. The molecule has 0 fully saturated rings. The highest BCUT2D eigenvalue weighted by Crippen LogP contribution is 2.31. The summed E-state index contributed by atoms with van der Waals surface area (Å²) in [6.07, 6.45) is 1.87. The van der Waals surface area contributed by atoms with Crippen molar-refractivity contribution in [1.82, 2.24) is 14.8 Å². The number of halogens is 2. The van der Waals surface area contributed by atoms with E-state index in [0.29, 0.717) is 17.0 Å². The van der Waals surface area contributed by atoms with E-state index in [4.69, 9.17) is 0 Å². The third-order valence-corrected chi connectivity index (χ3v) is 6.10. The first-order chi connectivity index (χ1) is 15.8. The number of carbonyl (C=O) groups excluding carboxylic acids is 1. The molecule has 0 bridgehead atoms. The van der Waals surface area contributed by atoms with E-state index in [-0.39, 0.29) is 17.6 Å². The fraction of sp³-hybridized carbons (Fsp3) is 0.370. The Labute approximate surface area is 195 Å². The van der Waals surface area contributed by atoms with Gasteiger partial charge in [0.1, 0.15) is 11.6 Å². The lowest BCUT2D eigenvalue weighted by atomic mass is 10.1. The Balaban J connectivity index is 1.88. The normalized spacial score (nSPS) is 12.2. The highest BCUT2D eigenvalue weighted by Gasteiger charge is 2.22. The molecule has 0 aliphatic carbocycles. The second-order valence-corrected chi connectivity index (χ2v) is 8.37. The molecule has 1 N–H and O–H groups in total. The number of amides is 1. The van der Waals surface area contributed by atoms with Crippen molar-refractivity contribution in [2.45, 2.75) is 46.6 Å². The lowest BCUT2D eigenvalue weighted by molar-refractivity contribution is 0.0936. The number of rotatable bonds is 10. The molecule has 0 saturated carbocycles. The molecule has 0 aliphatic heterocycles. The summed E-state index contributed by atoms with van der Waals surface area (Å²) in [7, 11) is 0. The predicted octanol–water partition coefficient (Wildman–Crippen LogP) is 5.97. The van der Waals surface area contributed by atoms with Gasteiger partial charge in [0.25, 0.3) is 5.91 Å². The Bertz CT molecular complexity index is 1070. The van der Waals surface area contributed by atoms with E-state index >= 15 is 0 Å². The van der Waals surface area contributed by atoms with Crippen molar-refractivity contribution in [2.75, 3.05) is 19.6 Å². The second-order valence-electron chi connectivity index (χ2n) is 8.37. The average Bonchev–Trinajstić information content (AvgIpc) is 3.14. The first-order valence-electron chi connectivity index (χ1n) is 11.6. The smallest absolute Gasteiger partial charge is 0.253 e. The van der Waals surface area contributed by atoms with Gasteiger partial charge in [0.2, 0.25) is 0 Å². The minimum Gasteiger partial charge on any atom is -0.350 e. The molecule has 176 valence electrons. The first kappa shape index (κ1) is 24.6. The maximum Gasteiger partial charge on any atom is 0.253 e. The molecular weight excluding hydrogens is 420 g/mol. The van der Waals surface area contributed by atoms with Gasteiger partial charge >= 0.3 is 0 Å². The lowest BCUT2D eigenvalue weighted by Crippen LogP contribution is -2.34. The van der Waals surface area contributed by atoms with Gasteiger partial charge in [-0.25, -0.2) is 8.78 Å². The van der Waals surface area contributed by atoms with E-state index in [0.717, 1.165) is 44.1 Å². The summed E-state index contributed by atoms with van der Waals surface area (Å²) in [5.74, 6) is -1.51. The van der Waals surface area contributed by atoms with Gasteiger partial charge in [-0.1, -0.05) is 44.2 Å². The van der Waals surface area contributed by atoms with Crippen molar-refractivity contribution in [3.63, 3.8) is 0 Å². The van der Waals surface area contributed by atoms with Crippen molar-refractivity contribution in [2.24, 2.45) is 0 Å². The quantitative estimate of drug-likeness (QED) is 0.411. The fourth-order valence-corrected chi connectivity index (χ4v) is 4.17. The zero-order valence-electron chi connectivity index (χ0n) is 19.9. The summed E-state index contributed by atoms with van der Waals surface area (Å²) in [6, 6.07) is 14.8. The van der Waals surface area contributed by atoms with Crippen molar-refractivity contribution < 1.29 is 13.6 Å². The summed E-state index contributed by atoms with van der Waals surface area (Å²) in [5, 5.41) is 3.09. The van der Waals surface area contributed by atoms with Crippen LogP contribution in [0.5, 0.6) is 0 Å². The largest absolute Gasteiger partial charge is 0.350 e. The van der Waals surface area contributed by atoms with Crippen LogP contribution in [-0.4, -0.2) is 41.1 Å². The molecule has 1 amide bonds. The van der Waals surface area contributed by atoms with E-state index < -0.39 is 11.6 Å². The number of hydrogen-bond donors (Lipinski definition) is 1. The molecule has 1 atom stereocenters. The minimum atomic E-state index is -0.678. The van der Waals surface area contributed by atoms with Crippen LogP contribution in [0.25, 0.3) is 16.9 Å². The molecule has 33 heavy (non-hydrogen) atoms. The van der Waals surface area contributed by atoms with Crippen LogP contribution in [0.4, 0.5) is 8.78 Å². The van der Waals surface area contributed by atoms with E-state index in [1.807, 2.05) is 37.3 Å². The Kier molecular flexibility index (Phi) is 8.39. The third-order valence-electron chi connectivity index (χ3n) is 6.10. The molecule has 6 heteroatoms. The van der Waals surface area contributed by atoms with Crippen LogP contribution in [0.3, 0.4) is 0 Å². The van der Waals surface area contributed by atoms with E-state index in [1.54, 1.807) is 17.6 Å². The number of nitrogens with one attached hydrogen (secondary N) is 1. The molecule has 0 aliphatic rings. The number of aromatic nitrogens is 1. The third kappa shape index (κ3) is 5.88. The van der Waals surface area contributed by atoms with Gasteiger partial charge < -0.3 is 14.8 Å². The molecular formula is C27H33F2N3O. The monoisotopic (exact) mass is 453 g/mol. The van der Waals surface area contributed by atoms with Gasteiger partial charge in [-0.2, -0.15) is 0 Å². The van der Waals surface area contributed by atoms with Crippen LogP contribution in [0.2, 0.25) is 0 Å². The second kappa shape index (κ2) is 11.2. The molecule has 3 rings (SSSR count). The molecule has 3 aromatic rings. The van der Waals surface area contributed by atoms with Crippen molar-refractivity contribution >= 4 is 5.91 Å². The molecule has 0 unspecified atom stereocenters. The van der Waals surface area contributed by atoms with Crippen LogP contribution < -0.4 is 5.32 Å². The van der Waals surface area contributed by atoms with Crippen molar-refractivity contribution in [1.29, 1.82) is 0 Å². The number of benzene rings is 2. The number of carbonyl (C=O) groups is 1. The number of nitrogens with zero attached hydrogens (tertiary/aromatic N) is 2. The fourth-order valence-electron chi connectivity index (χ4n) is 4.17. The van der Waals surface area contributed by atoms with Gasteiger partial charge in [0, 0.05) is 17.8 Å². The topological polar surface area (TPSA) is 37.3 Å². The highest BCUT2D eigenvalue weighted by molar-refractivity contribution is 5.97. The maximum absolute atomic E-state index is 14.7. The minimum absolute atomic E-state index is 0.0125. The predicted molar refractivity (Wildman–Crippen MR) is 130 cm³/mol. The van der Waals surface area contributed by atoms with Crippen LogP contribution in [0.1, 0.15) is 49.7 Å². The molecule has 2 aromatic carbocycles. The standard InChI is InChI=1S/C27H33F2N3O/c1-5-31(6-2)16-10-11-19(3)30-27(33)23-18-26(21-12-8-7-9-13-21)32(20(23)4)25-15-14-22(28)17-24(25)29/h7-9,12-15,17-19H,5-6,10-11,16H2,1-4H3,(H,30,33)/t19-/m0/s1. The van der Waals surface area contributed by atoms with Gasteiger partial charge in [-0.15, -0.1) is 0 Å². The Morgan fingerprint density at radius 2 is 1.76 bits per heavy atom. The van der Waals surface area contributed by atoms with Gasteiger partial charge in [-0.3, -0.25) is 4.79 Å². The SMILES string of the molecule is CCN(CC)CCC[C@H](C)NC(=O)c1cc(-c2ccccc2)n(-c2ccc(F)cc2F)c1C. The molecule has 0 radical (unpaired) electrons. The van der Waals surface area contributed by atoms with Gasteiger partial charge in [-0.05, 0) is 70.1 Å². The van der Waals surface area contributed by atoms with Crippen molar-refractivity contribution in [3.8, 4) is 16.9 Å². The van der Waals surface area contributed by atoms with Crippen LogP contribution >= 0.6 is 0 Å². The molecule has 1 heterocycles. The first-order valence-corrected chi connectivity index (χ1v) is 11.6.